The highest BCUT2D eigenvalue weighted by Crippen LogP contribution is 2.15. The zero-order valence-electron chi connectivity index (χ0n) is 17.2. The van der Waals surface area contributed by atoms with E-state index in [0.717, 1.165) is 16.7 Å². The number of hydrazine groups is 1. The van der Waals surface area contributed by atoms with Crippen molar-refractivity contribution in [2.75, 3.05) is 5.32 Å². The van der Waals surface area contributed by atoms with E-state index < -0.39 is 17.9 Å². The van der Waals surface area contributed by atoms with E-state index in [1.807, 2.05) is 57.2 Å². The largest absolute Gasteiger partial charge is 0.481 e. The Morgan fingerprint density at radius 2 is 1.62 bits per heavy atom. The van der Waals surface area contributed by atoms with Crippen LogP contribution in [0.3, 0.4) is 0 Å². The van der Waals surface area contributed by atoms with Gasteiger partial charge in [-0.25, -0.2) is 0 Å². The number of carbonyl (C=O) groups is 3. The molecular formula is C22H27N3O4. The Bertz CT molecular complexity index is 895. The molecule has 0 heterocycles. The summed E-state index contributed by atoms with van der Waals surface area (Å²) >= 11 is 0. The van der Waals surface area contributed by atoms with Crippen LogP contribution in [0, 0.1) is 20.8 Å². The summed E-state index contributed by atoms with van der Waals surface area (Å²) < 4.78 is 5.54. The average molecular weight is 397 g/mol. The van der Waals surface area contributed by atoms with E-state index in [-0.39, 0.29) is 18.7 Å². The average Bonchev–Trinajstić information content (AvgIpc) is 2.67. The number of nitrogens with one attached hydrogen (secondary N) is 3. The summed E-state index contributed by atoms with van der Waals surface area (Å²) in [6, 6.07) is 12.9. The van der Waals surface area contributed by atoms with Crippen LogP contribution in [-0.2, 0) is 14.4 Å². The van der Waals surface area contributed by atoms with Gasteiger partial charge < -0.3 is 10.1 Å². The van der Waals surface area contributed by atoms with E-state index in [2.05, 4.69) is 16.2 Å². The van der Waals surface area contributed by atoms with Crippen molar-refractivity contribution >= 4 is 23.4 Å². The molecule has 7 nitrogen and oxygen atoms in total. The van der Waals surface area contributed by atoms with Gasteiger partial charge in [0.05, 0.1) is 0 Å². The van der Waals surface area contributed by atoms with Gasteiger partial charge in [0.1, 0.15) is 5.75 Å². The molecule has 29 heavy (non-hydrogen) atoms. The second-order valence-corrected chi connectivity index (χ2v) is 6.96. The minimum atomic E-state index is -0.787. The molecule has 2 aromatic rings. The molecule has 2 rings (SSSR count). The summed E-state index contributed by atoms with van der Waals surface area (Å²) in [5.74, 6) is -0.649. The summed E-state index contributed by atoms with van der Waals surface area (Å²) in [5.41, 5.74) is 8.52. The number of hydrogen-bond acceptors (Lipinski definition) is 4. The number of benzene rings is 2. The van der Waals surface area contributed by atoms with Gasteiger partial charge in [0.2, 0.25) is 11.8 Å². The molecule has 0 spiro atoms. The standard InChI is InChI=1S/C22H27N3O4/c1-14-6-5-7-19(12-14)29-17(4)22(28)25-24-21(27)11-10-20(26)23-18-9-8-15(2)16(3)13-18/h5-9,12-13,17H,10-11H2,1-4H3,(H,23,26)(H,24,27)(H,25,28). The maximum atomic E-state index is 12.0. The first-order valence-corrected chi connectivity index (χ1v) is 9.43. The van der Waals surface area contributed by atoms with Gasteiger partial charge in [-0.3, -0.25) is 25.2 Å². The molecule has 1 unspecified atom stereocenters. The molecule has 3 N–H and O–H groups in total. The number of ether oxygens (including phenoxy) is 1. The summed E-state index contributed by atoms with van der Waals surface area (Å²) in [6.45, 7) is 7.46. The van der Waals surface area contributed by atoms with E-state index in [1.165, 1.54) is 0 Å². The number of aryl methyl sites for hydroxylation is 3. The minimum absolute atomic E-state index is 0.00394. The maximum Gasteiger partial charge on any atom is 0.279 e. The van der Waals surface area contributed by atoms with E-state index in [1.54, 1.807) is 13.0 Å². The summed E-state index contributed by atoms with van der Waals surface area (Å²) in [4.78, 5) is 35.9. The Labute approximate surface area is 170 Å². The van der Waals surface area contributed by atoms with Crippen molar-refractivity contribution in [1.82, 2.24) is 10.9 Å². The SMILES string of the molecule is Cc1cccc(OC(C)C(=O)NNC(=O)CCC(=O)Nc2ccc(C)c(C)c2)c1. The van der Waals surface area contributed by atoms with Crippen LogP contribution in [0.25, 0.3) is 0 Å². The van der Waals surface area contributed by atoms with Crippen LogP contribution >= 0.6 is 0 Å². The van der Waals surface area contributed by atoms with Crippen LogP contribution in [-0.4, -0.2) is 23.8 Å². The normalized spacial score (nSPS) is 11.3. The molecule has 0 saturated heterocycles. The Kier molecular flexibility index (Phi) is 7.77. The van der Waals surface area contributed by atoms with E-state index in [4.69, 9.17) is 4.74 Å². The summed E-state index contributed by atoms with van der Waals surface area (Å²) in [7, 11) is 0. The quantitative estimate of drug-likeness (QED) is 0.626. The fourth-order valence-electron chi connectivity index (χ4n) is 2.51. The van der Waals surface area contributed by atoms with Crippen molar-refractivity contribution < 1.29 is 19.1 Å². The van der Waals surface area contributed by atoms with Crippen molar-refractivity contribution in [3.05, 3.63) is 59.2 Å². The third kappa shape index (κ3) is 7.29. The van der Waals surface area contributed by atoms with E-state index >= 15 is 0 Å². The molecule has 1 atom stereocenters. The van der Waals surface area contributed by atoms with Gasteiger partial charge in [0.25, 0.3) is 5.91 Å². The fourth-order valence-corrected chi connectivity index (χ4v) is 2.51. The Hall–Kier alpha value is -3.35. The Balaban J connectivity index is 1.70. The molecule has 3 amide bonds. The topological polar surface area (TPSA) is 96.5 Å². The molecule has 0 aliphatic rings. The third-order valence-corrected chi connectivity index (χ3v) is 4.37. The van der Waals surface area contributed by atoms with Gasteiger partial charge >= 0.3 is 0 Å². The van der Waals surface area contributed by atoms with Gasteiger partial charge in [-0.05, 0) is 68.7 Å². The van der Waals surface area contributed by atoms with Gasteiger partial charge in [0, 0.05) is 18.5 Å². The molecule has 0 saturated carbocycles. The van der Waals surface area contributed by atoms with Gasteiger partial charge in [-0.15, -0.1) is 0 Å². The molecule has 0 aliphatic carbocycles. The first-order chi connectivity index (χ1) is 13.7. The van der Waals surface area contributed by atoms with E-state index in [0.29, 0.717) is 11.4 Å². The van der Waals surface area contributed by atoms with Gasteiger partial charge in [-0.1, -0.05) is 18.2 Å². The number of rotatable bonds is 7. The predicted octanol–water partition coefficient (Wildman–Crippen LogP) is 2.95. The summed E-state index contributed by atoms with van der Waals surface area (Å²) in [6.07, 6.45) is -0.834. The molecule has 0 aliphatic heterocycles. The Morgan fingerprint density at radius 1 is 0.897 bits per heavy atom. The molecule has 0 aromatic heterocycles. The maximum absolute atomic E-state index is 12.0. The smallest absolute Gasteiger partial charge is 0.279 e. The van der Waals surface area contributed by atoms with Crippen LogP contribution in [0.1, 0.15) is 36.5 Å². The van der Waals surface area contributed by atoms with Crippen LogP contribution < -0.4 is 20.9 Å². The second kappa shape index (κ2) is 10.3. The highest BCUT2D eigenvalue weighted by atomic mass is 16.5. The molecule has 154 valence electrons. The lowest BCUT2D eigenvalue weighted by Crippen LogP contribution is -2.47. The number of hydrogen-bond donors (Lipinski definition) is 3. The molecule has 0 fully saturated rings. The van der Waals surface area contributed by atoms with Crippen molar-refractivity contribution in [2.45, 2.75) is 46.6 Å². The molecule has 2 aromatic carbocycles. The summed E-state index contributed by atoms with van der Waals surface area (Å²) in [5, 5.41) is 2.75. The number of carbonyl (C=O) groups excluding carboxylic acids is 3. The fraction of sp³-hybridized carbons (Fsp3) is 0.318. The van der Waals surface area contributed by atoms with Crippen molar-refractivity contribution in [3.63, 3.8) is 0 Å². The highest BCUT2D eigenvalue weighted by molar-refractivity contribution is 5.93. The zero-order chi connectivity index (χ0) is 21.4. The molecule has 7 heteroatoms. The first-order valence-electron chi connectivity index (χ1n) is 9.43. The number of anilines is 1. The first kappa shape index (κ1) is 21.9. The van der Waals surface area contributed by atoms with Crippen LogP contribution in [0.4, 0.5) is 5.69 Å². The predicted molar refractivity (Wildman–Crippen MR) is 111 cm³/mol. The van der Waals surface area contributed by atoms with Gasteiger partial charge in [-0.2, -0.15) is 0 Å². The lowest BCUT2D eigenvalue weighted by molar-refractivity contribution is -0.133. The van der Waals surface area contributed by atoms with Crippen molar-refractivity contribution in [2.24, 2.45) is 0 Å². The van der Waals surface area contributed by atoms with Crippen molar-refractivity contribution in [1.29, 1.82) is 0 Å². The minimum Gasteiger partial charge on any atom is -0.481 e. The Morgan fingerprint density at radius 3 is 2.31 bits per heavy atom. The second-order valence-electron chi connectivity index (χ2n) is 6.96. The van der Waals surface area contributed by atoms with Gasteiger partial charge in [0.15, 0.2) is 6.10 Å². The van der Waals surface area contributed by atoms with E-state index in [9.17, 15) is 14.4 Å². The van der Waals surface area contributed by atoms with Crippen LogP contribution in [0.2, 0.25) is 0 Å². The molecular weight excluding hydrogens is 370 g/mol. The molecule has 0 bridgehead atoms. The van der Waals surface area contributed by atoms with Crippen LogP contribution in [0.5, 0.6) is 5.75 Å². The lowest BCUT2D eigenvalue weighted by atomic mass is 10.1. The number of amides is 3. The monoisotopic (exact) mass is 397 g/mol. The highest BCUT2D eigenvalue weighted by Gasteiger charge is 2.16. The molecule has 0 radical (unpaired) electrons. The van der Waals surface area contributed by atoms with Crippen LogP contribution in [0.15, 0.2) is 42.5 Å². The lowest BCUT2D eigenvalue weighted by Gasteiger charge is -2.15. The van der Waals surface area contributed by atoms with Crippen molar-refractivity contribution in [3.8, 4) is 5.75 Å². The third-order valence-electron chi connectivity index (χ3n) is 4.37. The zero-order valence-corrected chi connectivity index (χ0v) is 17.2.